The summed E-state index contributed by atoms with van der Waals surface area (Å²) >= 11 is 7.27. The normalized spacial score (nSPS) is 10.4. The molecule has 2 rings (SSSR count). The van der Waals surface area contributed by atoms with Crippen LogP contribution in [0, 0.1) is 0 Å². The maximum Gasteiger partial charge on any atom is 0.142 e. The first-order chi connectivity index (χ1) is 8.13. The maximum absolute atomic E-state index is 11.8. The van der Waals surface area contributed by atoms with Crippen molar-refractivity contribution >= 4 is 34.4 Å². The average Bonchev–Trinajstić information content (AvgIpc) is 2.63. The van der Waals surface area contributed by atoms with Crippen LogP contribution in [-0.4, -0.2) is 5.78 Å². The number of rotatable bonds is 4. The maximum atomic E-state index is 11.8. The van der Waals surface area contributed by atoms with Crippen LogP contribution in [0.4, 0.5) is 5.69 Å². The SMILES string of the molecule is Nc1cccc(CC(=O)Cc2ccc(Cl)s2)c1. The van der Waals surface area contributed by atoms with Crippen molar-refractivity contribution in [3.8, 4) is 0 Å². The van der Waals surface area contributed by atoms with Gasteiger partial charge in [-0.1, -0.05) is 23.7 Å². The molecular formula is C13H12ClNOS. The second-order valence-corrected chi connectivity index (χ2v) is 5.64. The van der Waals surface area contributed by atoms with Gasteiger partial charge in [-0.15, -0.1) is 11.3 Å². The number of halogens is 1. The van der Waals surface area contributed by atoms with E-state index in [-0.39, 0.29) is 5.78 Å². The van der Waals surface area contributed by atoms with Gasteiger partial charge in [0.1, 0.15) is 5.78 Å². The molecule has 0 atom stereocenters. The van der Waals surface area contributed by atoms with E-state index in [2.05, 4.69) is 0 Å². The van der Waals surface area contributed by atoms with E-state index in [0.717, 1.165) is 14.8 Å². The van der Waals surface area contributed by atoms with Crippen molar-refractivity contribution in [2.75, 3.05) is 5.73 Å². The van der Waals surface area contributed by atoms with Crippen LogP contribution in [0.5, 0.6) is 0 Å². The van der Waals surface area contributed by atoms with Gasteiger partial charge in [-0.25, -0.2) is 0 Å². The van der Waals surface area contributed by atoms with Gasteiger partial charge >= 0.3 is 0 Å². The third-order valence-corrected chi connectivity index (χ3v) is 3.58. The lowest BCUT2D eigenvalue weighted by atomic mass is 10.1. The van der Waals surface area contributed by atoms with Crippen LogP contribution in [0.15, 0.2) is 36.4 Å². The Balaban J connectivity index is 1.98. The molecule has 2 N–H and O–H groups in total. The van der Waals surface area contributed by atoms with Crippen molar-refractivity contribution in [3.05, 3.63) is 51.2 Å². The molecule has 0 amide bonds. The van der Waals surface area contributed by atoms with Crippen molar-refractivity contribution in [3.63, 3.8) is 0 Å². The molecule has 0 saturated heterocycles. The molecule has 2 nitrogen and oxygen atoms in total. The van der Waals surface area contributed by atoms with Gasteiger partial charge in [-0.2, -0.15) is 0 Å². The smallest absolute Gasteiger partial charge is 0.142 e. The number of hydrogen-bond acceptors (Lipinski definition) is 3. The fraction of sp³-hybridized carbons (Fsp3) is 0.154. The molecule has 0 spiro atoms. The highest BCUT2D eigenvalue weighted by atomic mass is 35.5. The summed E-state index contributed by atoms with van der Waals surface area (Å²) in [5, 5.41) is 0. The van der Waals surface area contributed by atoms with Crippen LogP contribution in [0.3, 0.4) is 0 Å². The molecule has 1 aromatic carbocycles. The lowest BCUT2D eigenvalue weighted by Gasteiger charge is -2.01. The van der Waals surface area contributed by atoms with Gasteiger partial charge in [-0.3, -0.25) is 4.79 Å². The highest BCUT2D eigenvalue weighted by molar-refractivity contribution is 7.16. The zero-order valence-electron chi connectivity index (χ0n) is 9.15. The number of benzene rings is 1. The molecule has 0 aliphatic rings. The van der Waals surface area contributed by atoms with Crippen LogP contribution >= 0.6 is 22.9 Å². The third kappa shape index (κ3) is 3.58. The topological polar surface area (TPSA) is 43.1 Å². The molecule has 4 heteroatoms. The first-order valence-electron chi connectivity index (χ1n) is 5.24. The summed E-state index contributed by atoms with van der Waals surface area (Å²) in [6, 6.07) is 11.1. The van der Waals surface area contributed by atoms with E-state index < -0.39 is 0 Å². The Kier molecular flexibility index (Phi) is 3.82. The Hall–Kier alpha value is -1.32. The minimum Gasteiger partial charge on any atom is -0.399 e. The molecule has 17 heavy (non-hydrogen) atoms. The van der Waals surface area contributed by atoms with Crippen LogP contribution in [0.25, 0.3) is 0 Å². The molecule has 1 heterocycles. The van der Waals surface area contributed by atoms with E-state index in [1.807, 2.05) is 36.4 Å². The van der Waals surface area contributed by atoms with Crippen LogP contribution < -0.4 is 5.73 Å². The lowest BCUT2D eigenvalue weighted by molar-refractivity contribution is -0.117. The molecule has 0 aliphatic heterocycles. The summed E-state index contributed by atoms with van der Waals surface area (Å²) in [7, 11) is 0. The number of carbonyl (C=O) groups is 1. The zero-order chi connectivity index (χ0) is 12.3. The number of thiophene rings is 1. The van der Waals surface area contributed by atoms with E-state index in [1.165, 1.54) is 11.3 Å². The van der Waals surface area contributed by atoms with E-state index >= 15 is 0 Å². The van der Waals surface area contributed by atoms with Gasteiger partial charge in [0.05, 0.1) is 4.34 Å². The molecule has 88 valence electrons. The molecule has 0 aliphatic carbocycles. The molecule has 1 aromatic heterocycles. The van der Waals surface area contributed by atoms with Crippen molar-refractivity contribution < 1.29 is 4.79 Å². The summed E-state index contributed by atoms with van der Waals surface area (Å²) in [5.41, 5.74) is 7.31. The first kappa shape index (κ1) is 12.1. The summed E-state index contributed by atoms with van der Waals surface area (Å²) in [6.07, 6.45) is 0.854. The Morgan fingerprint density at radius 1 is 1.24 bits per heavy atom. The summed E-state index contributed by atoms with van der Waals surface area (Å²) in [4.78, 5) is 12.8. The molecule has 0 unspecified atom stereocenters. The third-order valence-electron chi connectivity index (χ3n) is 2.35. The minimum absolute atomic E-state index is 0.175. The number of nitrogens with two attached hydrogens (primary N) is 1. The van der Waals surface area contributed by atoms with E-state index in [9.17, 15) is 4.79 Å². The Bertz CT molecular complexity index is 536. The second kappa shape index (κ2) is 5.34. The van der Waals surface area contributed by atoms with Crippen LogP contribution in [0.1, 0.15) is 10.4 Å². The van der Waals surface area contributed by atoms with Crippen molar-refractivity contribution in [1.82, 2.24) is 0 Å². The summed E-state index contributed by atoms with van der Waals surface area (Å²) < 4.78 is 0.719. The predicted molar refractivity (Wildman–Crippen MR) is 72.6 cm³/mol. The van der Waals surface area contributed by atoms with Gasteiger partial charge in [0.25, 0.3) is 0 Å². The average molecular weight is 266 g/mol. The number of nitrogen functional groups attached to an aromatic ring is 1. The predicted octanol–water partition coefficient (Wildman–Crippen LogP) is 3.34. The number of Topliss-reactive ketones (excluding diaryl/α,β-unsaturated/α-hetero) is 1. The number of anilines is 1. The van der Waals surface area contributed by atoms with Gasteiger partial charge in [0.15, 0.2) is 0 Å². The Morgan fingerprint density at radius 3 is 2.71 bits per heavy atom. The highest BCUT2D eigenvalue weighted by Crippen LogP contribution is 2.22. The van der Waals surface area contributed by atoms with Crippen molar-refractivity contribution in [2.24, 2.45) is 0 Å². The standard InChI is InChI=1S/C13H12ClNOS/c14-13-5-4-12(17-13)8-11(16)7-9-2-1-3-10(15)6-9/h1-6H,7-8,15H2. The van der Waals surface area contributed by atoms with Gasteiger partial charge in [0.2, 0.25) is 0 Å². The monoisotopic (exact) mass is 265 g/mol. The van der Waals surface area contributed by atoms with Crippen LogP contribution in [-0.2, 0) is 17.6 Å². The largest absolute Gasteiger partial charge is 0.399 e. The molecule has 0 saturated carbocycles. The molecule has 0 bridgehead atoms. The Morgan fingerprint density at radius 2 is 2.06 bits per heavy atom. The zero-order valence-corrected chi connectivity index (χ0v) is 10.7. The number of hydrogen-bond donors (Lipinski definition) is 1. The number of ketones is 1. The summed E-state index contributed by atoms with van der Waals surface area (Å²) in [6.45, 7) is 0. The fourth-order valence-corrected chi connectivity index (χ4v) is 2.75. The second-order valence-electron chi connectivity index (χ2n) is 3.84. The quantitative estimate of drug-likeness (QED) is 0.862. The van der Waals surface area contributed by atoms with Gasteiger partial charge < -0.3 is 5.73 Å². The van der Waals surface area contributed by atoms with E-state index in [0.29, 0.717) is 18.5 Å². The highest BCUT2D eigenvalue weighted by Gasteiger charge is 2.07. The van der Waals surface area contributed by atoms with Crippen LogP contribution in [0.2, 0.25) is 4.34 Å². The molecule has 0 fully saturated rings. The Labute approximate surface area is 109 Å². The van der Waals surface area contributed by atoms with Crippen molar-refractivity contribution in [2.45, 2.75) is 12.8 Å². The molecule has 0 radical (unpaired) electrons. The first-order valence-corrected chi connectivity index (χ1v) is 6.43. The molecule has 2 aromatic rings. The van der Waals surface area contributed by atoms with E-state index in [4.69, 9.17) is 17.3 Å². The van der Waals surface area contributed by atoms with Gasteiger partial charge in [0, 0.05) is 23.4 Å². The fourth-order valence-electron chi connectivity index (χ4n) is 1.63. The van der Waals surface area contributed by atoms with Crippen molar-refractivity contribution in [1.29, 1.82) is 0 Å². The molecular weight excluding hydrogens is 254 g/mol. The lowest BCUT2D eigenvalue weighted by Crippen LogP contribution is -2.05. The summed E-state index contributed by atoms with van der Waals surface area (Å²) in [5.74, 6) is 0.175. The minimum atomic E-state index is 0.175. The van der Waals surface area contributed by atoms with E-state index in [1.54, 1.807) is 0 Å². The van der Waals surface area contributed by atoms with Gasteiger partial charge in [-0.05, 0) is 29.8 Å². The number of carbonyl (C=O) groups excluding carboxylic acids is 1.